The summed E-state index contributed by atoms with van der Waals surface area (Å²) < 4.78 is 0. The Bertz CT molecular complexity index is 896. The van der Waals surface area contributed by atoms with Gasteiger partial charge in [0.1, 0.15) is 12.2 Å². The number of halogens is 1. The predicted molar refractivity (Wildman–Crippen MR) is 123 cm³/mol. The number of hydrogen-bond acceptors (Lipinski definition) is 9. The van der Waals surface area contributed by atoms with Gasteiger partial charge in [0.05, 0.1) is 29.3 Å². The zero-order valence-corrected chi connectivity index (χ0v) is 18.4. The molecule has 1 saturated heterocycles. The van der Waals surface area contributed by atoms with E-state index in [-0.39, 0.29) is 0 Å². The Hall–Kier alpha value is -2.65. The molecule has 2 fully saturated rings. The minimum absolute atomic E-state index is 0.588. The van der Waals surface area contributed by atoms with Gasteiger partial charge in [-0.05, 0) is 55.6 Å². The number of hydrazone groups is 1. The van der Waals surface area contributed by atoms with Crippen LogP contribution in [0, 0.1) is 17.8 Å². The number of pyridine rings is 1. The molecule has 5 rings (SSSR count). The third-order valence-corrected chi connectivity index (χ3v) is 6.65. The highest BCUT2D eigenvalue weighted by molar-refractivity contribution is 6.30. The van der Waals surface area contributed by atoms with Crippen LogP contribution in [-0.4, -0.2) is 53.1 Å². The Labute approximate surface area is 187 Å². The van der Waals surface area contributed by atoms with Crippen molar-refractivity contribution in [3.8, 4) is 0 Å². The largest absolute Gasteiger partial charge is 0.370 e. The first-order chi connectivity index (χ1) is 15.2. The summed E-state index contributed by atoms with van der Waals surface area (Å²) in [6.45, 7) is 3.05. The van der Waals surface area contributed by atoms with Crippen LogP contribution in [0.5, 0.6) is 0 Å². The maximum absolute atomic E-state index is 5.90. The van der Waals surface area contributed by atoms with Crippen LogP contribution in [0.25, 0.3) is 0 Å². The van der Waals surface area contributed by atoms with E-state index in [4.69, 9.17) is 11.6 Å². The first-order valence-electron chi connectivity index (χ1n) is 10.9. The van der Waals surface area contributed by atoms with Gasteiger partial charge in [0.15, 0.2) is 0 Å². The van der Waals surface area contributed by atoms with E-state index in [1.54, 1.807) is 23.9 Å². The Morgan fingerprint density at radius 3 is 2.61 bits per heavy atom. The van der Waals surface area contributed by atoms with Gasteiger partial charge < -0.3 is 10.2 Å². The molecule has 164 valence electrons. The SMILES string of the molecule is CN1N=CN(c2ccc(NCC[C@@H]3C[C@@H]3C3CCN(c4ncc(Cl)cn4)CC3)nc2)N1. The average Bonchev–Trinajstić information content (AvgIpc) is 3.44. The van der Waals surface area contributed by atoms with Crippen molar-refractivity contribution in [3.05, 3.63) is 35.7 Å². The average molecular weight is 442 g/mol. The van der Waals surface area contributed by atoms with Crippen LogP contribution in [0.4, 0.5) is 17.5 Å². The highest BCUT2D eigenvalue weighted by Crippen LogP contribution is 2.49. The second kappa shape index (κ2) is 8.84. The summed E-state index contributed by atoms with van der Waals surface area (Å²) in [6, 6.07) is 4.05. The first kappa shape index (κ1) is 20.3. The van der Waals surface area contributed by atoms with Crippen molar-refractivity contribution in [1.82, 2.24) is 25.6 Å². The van der Waals surface area contributed by atoms with Crippen molar-refractivity contribution in [3.63, 3.8) is 0 Å². The van der Waals surface area contributed by atoms with Crippen LogP contribution in [0.1, 0.15) is 25.7 Å². The lowest BCUT2D eigenvalue weighted by Crippen LogP contribution is -2.38. The quantitative estimate of drug-likeness (QED) is 0.678. The fourth-order valence-corrected chi connectivity index (χ4v) is 4.75. The van der Waals surface area contributed by atoms with Gasteiger partial charge >= 0.3 is 0 Å². The molecule has 31 heavy (non-hydrogen) atoms. The summed E-state index contributed by atoms with van der Waals surface area (Å²) in [4.78, 5) is 15.5. The van der Waals surface area contributed by atoms with E-state index >= 15 is 0 Å². The molecule has 0 radical (unpaired) electrons. The molecule has 1 aliphatic carbocycles. The molecular formula is C21H28ClN9. The van der Waals surface area contributed by atoms with E-state index in [0.717, 1.165) is 54.8 Å². The van der Waals surface area contributed by atoms with E-state index in [2.05, 4.69) is 35.8 Å². The van der Waals surface area contributed by atoms with Crippen LogP contribution < -0.4 is 20.8 Å². The molecular weight excluding hydrogens is 414 g/mol. The Morgan fingerprint density at radius 2 is 1.94 bits per heavy atom. The lowest BCUT2D eigenvalue weighted by molar-refractivity contribution is 0.280. The summed E-state index contributed by atoms with van der Waals surface area (Å²) in [5.74, 6) is 4.27. The Kier molecular flexibility index (Phi) is 5.78. The molecule has 0 aromatic carbocycles. The van der Waals surface area contributed by atoms with E-state index in [1.807, 2.05) is 30.4 Å². The van der Waals surface area contributed by atoms with Crippen molar-refractivity contribution in [2.75, 3.05) is 41.9 Å². The van der Waals surface area contributed by atoms with Crippen LogP contribution in [0.15, 0.2) is 35.8 Å². The second-order valence-corrected chi connectivity index (χ2v) is 8.96. The maximum atomic E-state index is 5.90. The smallest absolute Gasteiger partial charge is 0.225 e. The van der Waals surface area contributed by atoms with Gasteiger partial charge in [-0.15, -0.1) is 10.6 Å². The maximum Gasteiger partial charge on any atom is 0.225 e. The van der Waals surface area contributed by atoms with Crippen LogP contribution in [0.3, 0.4) is 0 Å². The molecule has 2 aromatic rings. The van der Waals surface area contributed by atoms with Crippen LogP contribution in [-0.2, 0) is 0 Å². The predicted octanol–water partition coefficient (Wildman–Crippen LogP) is 2.99. The number of nitrogens with one attached hydrogen (secondary N) is 2. The molecule has 3 aliphatic rings. The summed E-state index contributed by atoms with van der Waals surface area (Å²) in [7, 11) is 1.85. The van der Waals surface area contributed by atoms with Crippen molar-refractivity contribution in [1.29, 1.82) is 0 Å². The first-order valence-corrected chi connectivity index (χ1v) is 11.3. The number of piperidine rings is 1. The number of aromatic nitrogens is 3. The van der Waals surface area contributed by atoms with Gasteiger partial charge in [-0.1, -0.05) is 11.6 Å². The van der Waals surface area contributed by atoms with Gasteiger partial charge in [-0.2, -0.15) is 0 Å². The molecule has 0 unspecified atom stereocenters. The summed E-state index contributed by atoms with van der Waals surface area (Å²) in [5, 5.41) is 11.7. The monoisotopic (exact) mass is 441 g/mol. The number of nitrogens with zero attached hydrogens (tertiary/aromatic N) is 7. The van der Waals surface area contributed by atoms with Crippen molar-refractivity contribution in [2.24, 2.45) is 22.9 Å². The third kappa shape index (κ3) is 4.83. The molecule has 2 aliphatic heterocycles. The van der Waals surface area contributed by atoms with Gasteiger partial charge in [0.2, 0.25) is 5.95 Å². The molecule has 0 spiro atoms. The van der Waals surface area contributed by atoms with Crippen LogP contribution >= 0.6 is 11.6 Å². The van der Waals surface area contributed by atoms with E-state index in [1.165, 1.54) is 25.7 Å². The highest BCUT2D eigenvalue weighted by atomic mass is 35.5. The number of hydrogen-bond donors (Lipinski definition) is 2. The lowest BCUT2D eigenvalue weighted by atomic mass is 9.90. The fourth-order valence-electron chi connectivity index (χ4n) is 4.66. The molecule has 1 saturated carbocycles. The highest BCUT2D eigenvalue weighted by Gasteiger charge is 2.43. The molecule has 0 amide bonds. The van der Waals surface area contributed by atoms with Crippen LogP contribution in [0.2, 0.25) is 5.02 Å². The minimum Gasteiger partial charge on any atom is -0.370 e. The van der Waals surface area contributed by atoms with E-state index < -0.39 is 0 Å². The van der Waals surface area contributed by atoms with Crippen molar-refractivity contribution in [2.45, 2.75) is 25.7 Å². The lowest BCUT2D eigenvalue weighted by Gasteiger charge is -2.32. The van der Waals surface area contributed by atoms with Gasteiger partial charge in [-0.3, -0.25) is 0 Å². The molecule has 2 N–H and O–H groups in total. The topological polar surface area (TPSA) is 84.8 Å². The molecule has 4 heterocycles. The Morgan fingerprint density at radius 1 is 1.13 bits per heavy atom. The second-order valence-electron chi connectivity index (χ2n) is 8.53. The Balaban J connectivity index is 1.02. The minimum atomic E-state index is 0.588. The zero-order valence-electron chi connectivity index (χ0n) is 17.7. The normalized spacial score (nSPS) is 23.5. The zero-order chi connectivity index (χ0) is 21.2. The van der Waals surface area contributed by atoms with Gasteiger partial charge in [-0.25, -0.2) is 25.1 Å². The number of rotatable bonds is 7. The summed E-state index contributed by atoms with van der Waals surface area (Å²) in [5.41, 5.74) is 4.03. The number of anilines is 3. The standard InChI is InChI=1S/C21H28ClN9/c1-29-27-14-31(28-29)18-2-3-20(24-13-18)23-7-4-16-10-19(16)15-5-8-30(9-6-15)21-25-11-17(22)12-26-21/h2-3,11-16,19,28H,4-10H2,1H3,(H,23,24)/t16-,19-/m1/s1. The molecule has 2 aromatic heterocycles. The van der Waals surface area contributed by atoms with Crippen molar-refractivity contribution >= 4 is 35.4 Å². The number of hydrazine groups is 2. The molecule has 2 atom stereocenters. The van der Waals surface area contributed by atoms with E-state index in [9.17, 15) is 0 Å². The third-order valence-electron chi connectivity index (χ3n) is 6.45. The van der Waals surface area contributed by atoms with Crippen molar-refractivity contribution < 1.29 is 0 Å². The molecule has 0 bridgehead atoms. The molecule has 9 nitrogen and oxygen atoms in total. The summed E-state index contributed by atoms with van der Waals surface area (Å²) >= 11 is 5.90. The fraction of sp³-hybridized carbons (Fsp3) is 0.524. The summed E-state index contributed by atoms with van der Waals surface area (Å²) in [6.07, 6.45) is 12.0. The van der Waals surface area contributed by atoms with E-state index in [0.29, 0.717) is 5.02 Å². The van der Waals surface area contributed by atoms with Gasteiger partial charge in [0, 0.05) is 26.7 Å². The van der Waals surface area contributed by atoms with Gasteiger partial charge in [0.25, 0.3) is 0 Å². The molecule has 10 heteroatoms.